The van der Waals surface area contributed by atoms with Crippen molar-refractivity contribution in [1.82, 2.24) is 0 Å². The summed E-state index contributed by atoms with van der Waals surface area (Å²) in [6.45, 7) is 9.72. The minimum atomic E-state index is -0.544. The Bertz CT molecular complexity index is 393. The minimum absolute atomic E-state index is 0.173. The molecular formula is C14H19O4. The summed E-state index contributed by atoms with van der Waals surface area (Å²) in [4.78, 5) is 21.2. The molecule has 0 N–H and O–H groups in total. The molecule has 0 fully saturated rings. The van der Waals surface area contributed by atoms with Crippen molar-refractivity contribution in [3.63, 3.8) is 0 Å². The molecule has 4 heteroatoms. The third-order valence-electron chi connectivity index (χ3n) is 1.91. The number of carbonyl (C=O) groups excluding carboxylic acids is 1. The molecule has 4 nitrogen and oxygen atoms in total. The van der Waals surface area contributed by atoms with Gasteiger partial charge >= 0.3 is 5.97 Å². The van der Waals surface area contributed by atoms with Gasteiger partial charge in [0.25, 0.3) is 0 Å². The summed E-state index contributed by atoms with van der Waals surface area (Å²) in [5.41, 5.74) is 0.219. The Balaban J connectivity index is 2.53. The monoisotopic (exact) mass is 251 g/mol. The summed E-state index contributed by atoms with van der Waals surface area (Å²) in [6, 6.07) is 6.77. The highest BCUT2D eigenvalue weighted by molar-refractivity contribution is 5.89. The van der Waals surface area contributed by atoms with Crippen LogP contribution in [0.3, 0.4) is 0 Å². The van der Waals surface area contributed by atoms with Crippen molar-refractivity contribution >= 4 is 5.97 Å². The van der Waals surface area contributed by atoms with Crippen LogP contribution >= 0.6 is 0 Å². The van der Waals surface area contributed by atoms with Crippen LogP contribution in [0.25, 0.3) is 0 Å². The molecule has 0 amide bonds. The second kappa shape index (κ2) is 6.40. The number of benzene rings is 1. The van der Waals surface area contributed by atoms with Gasteiger partial charge in [0.05, 0.1) is 12.2 Å². The zero-order valence-corrected chi connectivity index (χ0v) is 11.2. The Morgan fingerprint density at radius 1 is 1.33 bits per heavy atom. The van der Waals surface area contributed by atoms with E-state index in [4.69, 9.17) is 9.62 Å². The molecule has 0 spiro atoms. The lowest BCUT2D eigenvalue weighted by molar-refractivity contribution is -0.224. The summed E-state index contributed by atoms with van der Waals surface area (Å²) in [7, 11) is 0. The van der Waals surface area contributed by atoms with Crippen LogP contribution in [0.5, 0.6) is 5.75 Å². The summed E-state index contributed by atoms with van der Waals surface area (Å²) in [5.74, 6) is 0.0869. The van der Waals surface area contributed by atoms with Gasteiger partial charge in [-0.15, -0.1) is 0 Å². The van der Waals surface area contributed by atoms with Crippen molar-refractivity contribution in [3.05, 3.63) is 36.4 Å². The van der Waals surface area contributed by atoms with E-state index < -0.39 is 5.97 Å². The molecule has 1 aromatic carbocycles. The lowest BCUT2D eigenvalue weighted by Gasteiger charge is -2.15. The molecule has 0 aromatic heterocycles. The molecule has 0 atom stereocenters. The first kappa shape index (κ1) is 14.5. The van der Waals surface area contributed by atoms with E-state index in [0.29, 0.717) is 17.9 Å². The average molecular weight is 251 g/mol. The molecule has 1 aromatic rings. The van der Waals surface area contributed by atoms with Crippen LogP contribution in [0, 0.1) is 12.0 Å². The summed E-state index contributed by atoms with van der Waals surface area (Å²) < 4.78 is 5.30. The second-order valence-electron chi connectivity index (χ2n) is 4.91. The van der Waals surface area contributed by atoms with E-state index in [0.717, 1.165) is 0 Å². The smallest absolute Gasteiger partial charge is 0.373 e. The lowest BCUT2D eigenvalue weighted by atomic mass is 9.99. The van der Waals surface area contributed by atoms with Gasteiger partial charge in [0.2, 0.25) is 0 Å². The van der Waals surface area contributed by atoms with Crippen molar-refractivity contribution in [3.8, 4) is 5.75 Å². The van der Waals surface area contributed by atoms with Gasteiger partial charge in [-0.05, 0) is 30.5 Å². The molecule has 1 rings (SSSR count). The molecule has 0 saturated carbocycles. The number of carbonyl (C=O) groups is 1. The average Bonchev–Trinajstić information content (AvgIpc) is 2.28. The molecular weight excluding hydrogens is 232 g/mol. The highest BCUT2D eigenvalue weighted by Crippen LogP contribution is 2.19. The summed E-state index contributed by atoms with van der Waals surface area (Å²) >= 11 is 0. The number of ether oxygens (including phenoxy) is 1. The first-order chi connectivity index (χ1) is 8.42. The van der Waals surface area contributed by atoms with Crippen LogP contribution in [0.4, 0.5) is 0 Å². The van der Waals surface area contributed by atoms with Crippen LogP contribution in [-0.4, -0.2) is 12.6 Å². The Kier molecular flexibility index (Phi) is 5.16. The fraction of sp³-hybridized carbons (Fsp3) is 0.429. The Labute approximate surface area is 108 Å². The van der Waals surface area contributed by atoms with Gasteiger partial charge in [-0.25, -0.2) is 4.79 Å². The van der Waals surface area contributed by atoms with Gasteiger partial charge < -0.3 is 4.74 Å². The van der Waals surface area contributed by atoms with E-state index in [1.807, 2.05) is 27.7 Å². The minimum Gasteiger partial charge on any atom is -0.494 e. The number of hydrogen-bond acceptors (Lipinski definition) is 4. The second-order valence-corrected chi connectivity index (χ2v) is 4.91. The third kappa shape index (κ3) is 5.19. The van der Waals surface area contributed by atoms with Gasteiger partial charge in [-0.3, -0.25) is 4.89 Å². The molecule has 99 valence electrons. The molecule has 0 heterocycles. The fourth-order valence-corrected chi connectivity index (χ4v) is 1.14. The number of hydrogen-bond donors (Lipinski definition) is 0. The first-order valence-corrected chi connectivity index (χ1v) is 5.87. The van der Waals surface area contributed by atoms with Crippen LogP contribution in [-0.2, 0) is 9.78 Å². The predicted molar refractivity (Wildman–Crippen MR) is 67.9 cm³/mol. The Morgan fingerprint density at radius 3 is 2.67 bits per heavy atom. The third-order valence-corrected chi connectivity index (χ3v) is 1.91. The van der Waals surface area contributed by atoms with Gasteiger partial charge in [0, 0.05) is 0 Å². The van der Waals surface area contributed by atoms with Crippen LogP contribution in [0.2, 0.25) is 0 Å². The van der Waals surface area contributed by atoms with E-state index in [2.05, 4.69) is 4.89 Å². The van der Waals surface area contributed by atoms with E-state index in [1.54, 1.807) is 24.3 Å². The molecule has 0 bridgehead atoms. The van der Waals surface area contributed by atoms with Crippen LogP contribution in [0.1, 0.15) is 38.1 Å². The molecule has 0 saturated heterocycles. The van der Waals surface area contributed by atoms with Gasteiger partial charge in [0.1, 0.15) is 12.4 Å². The van der Waals surface area contributed by atoms with E-state index >= 15 is 0 Å². The molecule has 0 aliphatic heterocycles. The largest absolute Gasteiger partial charge is 0.494 e. The van der Waals surface area contributed by atoms with Gasteiger partial charge in [0.15, 0.2) is 0 Å². The maximum absolute atomic E-state index is 11.7. The summed E-state index contributed by atoms with van der Waals surface area (Å²) in [6.07, 6.45) is 0. The predicted octanol–water partition coefficient (Wildman–Crippen LogP) is 3.38. The van der Waals surface area contributed by atoms with Crippen molar-refractivity contribution in [2.75, 3.05) is 6.61 Å². The van der Waals surface area contributed by atoms with Crippen molar-refractivity contribution in [2.45, 2.75) is 27.7 Å². The Hall–Kier alpha value is -1.55. The standard InChI is InChI=1S/C14H19O4/c1-5-16-12-8-6-7-11(9-12)13(15)18-17-10-14(2,3)4/h6-10H,5H2,1-4H3. The van der Waals surface area contributed by atoms with E-state index in [9.17, 15) is 4.79 Å². The maximum Gasteiger partial charge on any atom is 0.373 e. The maximum atomic E-state index is 11.7. The zero-order valence-electron chi connectivity index (χ0n) is 11.2. The normalized spacial score (nSPS) is 11.1. The van der Waals surface area contributed by atoms with Crippen LogP contribution in [0.15, 0.2) is 24.3 Å². The summed E-state index contributed by atoms with van der Waals surface area (Å²) in [5, 5.41) is 0. The molecule has 1 radical (unpaired) electrons. The van der Waals surface area contributed by atoms with Crippen molar-refractivity contribution in [2.24, 2.45) is 5.41 Å². The molecule has 0 unspecified atom stereocenters. The molecule has 0 aliphatic carbocycles. The SMILES string of the molecule is CCOc1cccc(C(=O)OO[CH]C(C)(C)C)c1. The van der Waals surface area contributed by atoms with Gasteiger partial charge in [-0.2, -0.15) is 4.89 Å². The van der Waals surface area contributed by atoms with Crippen molar-refractivity contribution < 1.29 is 19.3 Å². The molecule has 18 heavy (non-hydrogen) atoms. The topological polar surface area (TPSA) is 44.8 Å². The highest BCUT2D eigenvalue weighted by Gasteiger charge is 2.15. The quantitative estimate of drug-likeness (QED) is 0.594. The number of rotatable bonds is 5. The Morgan fingerprint density at radius 2 is 2.06 bits per heavy atom. The van der Waals surface area contributed by atoms with E-state index in [1.165, 1.54) is 6.61 Å². The fourth-order valence-electron chi connectivity index (χ4n) is 1.14. The zero-order chi connectivity index (χ0) is 13.6. The van der Waals surface area contributed by atoms with Crippen molar-refractivity contribution in [1.29, 1.82) is 0 Å². The lowest BCUT2D eigenvalue weighted by Crippen LogP contribution is -2.12. The highest BCUT2D eigenvalue weighted by atomic mass is 17.2. The van der Waals surface area contributed by atoms with Gasteiger partial charge in [-0.1, -0.05) is 26.8 Å². The first-order valence-electron chi connectivity index (χ1n) is 5.87. The molecule has 0 aliphatic rings. The van der Waals surface area contributed by atoms with E-state index in [-0.39, 0.29) is 5.41 Å². The van der Waals surface area contributed by atoms with Crippen LogP contribution < -0.4 is 4.74 Å².